The fourth-order valence-corrected chi connectivity index (χ4v) is 4.45. The number of ether oxygens (including phenoxy) is 2. The maximum Gasteiger partial charge on any atom is 0.268 e. The Morgan fingerprint density at radius 2 is 1.76 bits per heavy atom. The van der Waals surface area contributed by atoms with Crippen molar-refractivity contribution < 1.29 is 22.3 Å². The number of nitrogens with zero attached hydrogens (tertiary/aromatic N) is 5. The molecule has 0 radical (unpaired) electrons. The number of rotatable bonds is 7. The van der Waals surface area contributed by atoms with Gasteiger partial charge >= 0.3 is 0 Å². The molecule has 2 N–H and O–H groups in total. The molecule has 14 heteroatoms. The highest BCUT2D eigenvalue weighted by Gasteiger charge is 2.25. The molecule has 4 aromatic rings. The van der Waals surface area contributed by atoms with Gasteiger partial charge in [-0.1, -0.05) is 11.6 Å². The zero-order chi connectivity index (χ0) is 24.5. The molecule has 0 saturated heterocycles. The Kier molecular flexibility index (Phi) is 6.30. The van der Waals surface area contributed by atoms with Gasteiger partial charge in [0, 0.05) is 42.2 Å². The standard InChI is InChI=1S/C20H17ClFN7O4S/c1-23-20-26-8-10-6-13(18(32-2)27-16(10)28-20)12-4-5-24-17(15(12)22)29-34(30,31)14-7-11(21)9-25-19(14)33-3/h4-9H,1-3H3,(H,24,29)(H,23,26,27,28). The van der Waals surface area contributed by atoms with Crippen LogP contribution >= 0.6 is 11.6 Å². The average molecular weight is 506 g/mol. The molecule has 0 aromatic carbocycles. The summed E-state index contributed by atoms with van der Waals surface area (Å²) in [4.78, 5) is 20.0. The molecule has 0 unspecified atom stereocenters. The average Bonchev–Trinajstić information content (AvgIpc) is 2.84. The van der Waals surface area contributed by atoms with Gasteiger partial charge in [0.15, 0.2) is 22.2 Å². The molecule has 0 saturated carbocycles. The summed E-state index contributed by atoms with van der Waals surface area (Å²) in [6.45, 7) is 0. The molecule has 0 aliphatic heterocycles. The summed E-state index contributed by atoms with van der Waals surface area (Å²) in [5.74, 6) is -1.29. The Hall–Kier alpha value is -3.84. The van der Waals surface area contributed by atoms with E-state index in [9.17, 15) is 8.42 Å². The third-order valence-electron chi connectivity index (χ3n) is 4.63. The SMILES string of the molecule is CNc1ncc2cc(-c3ccnc(NS(=O)(=O)c4cc(Cl)cnc4OC)c3F)c(OC)nc2n1. The van der Waals surface area contributed by atoms with Crippen molar-refractivity contribution in [1.82, 2.24) is 24.9 Å². The van der Waals surface area contributed by atoms with E-state index in [0.717, 1.165) is 6.07 Å². The van der Waals surface area contributed by atoms with Gasteiger partial charge in [-0.3, -0.25) is 4.72 Å². The smallest absolute Gasteiger partial charge is 0.268 e. The van der Waals surface area contributed by atoms with E-state index in [4.69, 9.17) is 21.1 Å². The van der Waals surface area contributed by atoms with Gasteiger partial charge in [-0.2, -0.15) is 9.97 Å². The van der Waals surface area contributed by atoms with E-state index >= 15 is 4.39 Å². The highest BCUT2D eigenvalue weighted by molar-refractivity contribution is 7.92. The molecule has 4 aromatic heterocycles. The van der Waals surface area contributed by atoms with Crippen LogP contribution in [0, 0.1) is 5.82 Å². The van der Waals surface area contributed by atoms with Crippen LogP contribution in [-0.4, -0.2) is 54.6 Å². The number of hydrogen-bond acceptors (Lipinski definition) is 10. The molecule has 34 heavy (non-hydrogen) atoms. The van der Waals surface area contributed by atoms with E-state index in [1.165, 1.54) is 38.9 Å². The number of aromatic nitrogens is 5. The Morgan fingerprint density at radius 1 is 1.00 bits per heavy atom. The summed E-state index contributed by atoms with van der Waals surface area (Å²) in [6, 6.07) is 4.08. The number of sulfonamides is 1. The van der Waals surface area contributed by atoms with Crippen molar-refractivity contribution in [2.45, 2.75) is 4.90 Å². The van der Waals surface area contributed by atoms with Crippen LogP contribution in [-0.2, 0) is 10.0 Å². The number of nitrogens with one attached hydrogen (secondary N) is 2. The molecule has 0 amide bonds. The zero-order valence-corrected chi connectivity index (χ0v) is 19.6. The molecule has 0 aliphatic rings. The minimum atomic E-state index is -4.36. The van der Waals surface area contributed by atoms with Gasteiger partial charge in [0.1, 0.15) is 0 Å². The van der Waals surface area contributed by atoms with Gasteiger partial charge in [-0.05, 0) is 18.2 Å². The fourth-order valence-electron chi connectivity index (χ4n) is 3.08. The maximum atomic E-state index is 15.5. The number of hydrogen-bond donors (Lipinski definition) is 2. The lowest BCUT2D eigenvalue weighted by Crippen LogP contribution is -2.17. The molecule has 0 aliphatic carbocycles. The number of anilines is 2. The van der Waals surface area contributed by atoms with Gasteiger partial charge in [-0.25, -0.2) is 27.8 Å². The third kappa shape index (κ3) is 4.34. The second-order valence-corrected chi connectivity index (χ2v) is 8.78. The largest absolute Gasteiger partial charge is 0.480 e. The maximum absolute atomic E-state index is 15.5. The Labute approximate surface area is 198 Å². The fraction of sp³-hybridized carbons (Fsp3) is 0.150. The molecular weight excluding hydrogens is 489 g/mol. The molecule has 0 bridgehead atoms. The molecular formula is C20H17ClFN7O4S. The van der Waals surface area contributed by atoms with Crippen LogP contribution in [0.1, 0.15) is 0 Å². The Balaban J connectivity index is 1.80. The van der Waals surface area contributed by atoms with Gasteiger partial charge in [0.25, 0.3) is 10.0 Å². The van der Waals surface area contributed by atoms with E-state index in [0.29, 0.717) is 17.0 Å². The molecule has 0 atom stereocenters. The number of halogens is 2. The van der Waals surface area contributed by atoms with Crippen molar-refractivity contribution in [3.63, 3.8) is 0 Å². The molecule has 4 rings (SSSR count). The first-order valence-electron chi connectivity index (χ1n) is 9.54. The molecule has 176 valence electrons. The summed E-state index contributed by atoms with van der Waals surface area (Å²) in [5.41, 5.74) is 0.571. The van der Waals surface area contributed by atoms with Crippen molar-refractivity contribution in [1.29, 1.82) is 0 Å². The first-order valence-corrected chi connectivity index (χ1v) is 11.4. The van der Waals surface area contributed by atoms with Gasteiger partial charge in [-0.15, -0.1) is 0 Å². The lowest BCUT2D eigenvalue weighted by atomic mass is 10.1. The zero-order valence-electron chi connectivity index (χ0n) is 18.0. The van der Waals surface area contributed by atoms with Crippen molar-refractivity contribution >= 4 is 44.4 Å². The van der Waals surface area contributed by atoms with E-state index in [1.54, 1.807) is 13.1 Å². The quantitative estimate of drug-likeness (QED) is 0.384. The minimum Gasteiger partial charge on any atom is -0.480 e. The van der Waals surface area contributed by atoms with Crippen molar-refractivity contribution in [3.8, 4) is 22.9 Å². The normalized spacial score (nSPS) is 11.3. The predicted molar refractivity (Wildman–Crippen MR) is 123 cm³/mol. The second-order valence-electron chi connectivity index (χ2n) is 6.69. The van der Waals surface area contributed by atoms with E-state index < -0.39 is 21.7 Å². The van der Waals surface area contributed by atoms with Gasteiger partial charge in [0.05, 0.1) is 19.2 Å². The topological polar surface area (TPSA) is 141 Å². The van der Waals surface area contributed by atoms with Gasteiger partial charge in [0.2, 0.25) is 17.7 Å². The summed E-state index contributed by atoms with van der Waals surface area (Å²) < 4.78 is 53.8. The van der Waals surface area contributed by atoms with Gasteiger partial charge < -0.3 is 14.8 Å². The van der Waals surface area contributed by atoms with E-state index in [2.05, 4.69) is 35.0 Å². The molecule has 0 spiro atoms. The first-order chi connectivity index (χ1) is 16.3. The third-order valence-corrected chi connectivity index (χ3v) is 6.17. The van der Waals surface area contributed by atoms with Crippen LogP contribution < -0.4 is 19.5 Å². The summed E-state index contributed by atoms with van der Waals surface area (Å²) >= 11 is 5.88. The highest BCUT2D eigenvalue weighted by atomic mass is 35.5. The Morgan fingerprint density at radius 3 is 2.47 bits per heavy atom. The van der Waals surface area contributed by atoms with Crippen molar-refractivity contribution in [3.05, 3.63) is 47.6 Å². The molecule has 4 heterocycles. The van der Waals surface area contributed by atoms with Crippen molar-refractivity contribution in [2.75, 3.05) is 31.3 Å². The van der Waals surface area contributed by atoms with Crippen LogP contribution in [0.3, 0.4) is 0 Å². The second kappa shape index (κ2) is 9.19. The number of pyridine rings is 3. The molecule has 0 fully saturated rings. The monoisotopic (exact) mass is 505 g/mol. The Bertz CT molecular complexity index is 1500. The highest BCUT2D eigenvalue weighted by Crippen LogP contribution is 2.35. The van der Waals surface area contributed by atoms with Crippen LogP contribution in [0.15, 0.2) is 41.7 Å². The number of fused-ring (bicyclic) bond motifs is 1. The summed E-state index contributed by atoms with van der Waals surface area (Å²) in [5, 5.41) is 3.38. The van der Waals surface area contributed by atoms with Crippen LogP contribution in [0.2, 0.25) is 5.02 Å². The van der Waals surface area contributed by atoms with Crippen LogP contribution in [0.4, 0.5) is 16.2 Å². The van der Waals surface area contributed by atoms with Crippen LogP contribution in [0.25, 0.3) is 22.2 Å². The lowest BCUT2D eigenvalue weighted by Gasteiger charge is -2.14. The van der Waals surface area contributed by atoms with E-state index in [-0.39, 0.29) is 32.8 Å². The van der Waals surface area contributed by atoms with E-state index in [1.807, 2.05) is 0 Å². The first kappa shape index (κ1) is 23.3. The lowest BCUT2D eigenvalue weighted by molar-refractivity contribution is 0.385. The number of methoxy groups -OCH3 is 2. The summed E-state index contributed by atoms with van der Waals surface area (Å²) in [7, 11) is -0.0720. The minimum absolute atomic E-state index is 0.00664. The summed E-state index contributed by atoms with van der Waals surface area (Å²) in [6.07, 6.45) is 3.99. The van der Waals surface area contributed by atoms with Crippen molar-refractivity contribution in [2.24, 2.45) is 0 Å². The predicted octanol–water partition coefficient (Wildman–Crippen LogP) is 3.13. The van der Waals surface area contributed by atoms with Crippen LogP contribution in [0.5, 0.6) is 11.8 Å². The molecule has 11 nitrogen and oxygen atoms in total.